The molecule has 0 aromatic carbocycles. The van der Waals surface area contributed by atoms with Gasteiger partial charge in [0.15, 0.2) is 0 Å². The lowest BCUT2D eigenvalue weighted by atomic mass is 10.1. The van der Waals surface area contributed by atoms with Gasteiger partial charge in [-0.1, -0.05) is 12.1 Å². The number of amides is 1. The Bertz CT molecular complexity index is 774. The molecule has 1 fully saturated rings. The van der Waals surface area contributed by atoms with Gasteiger partial charge >= 0.3 is 5.97 Å². The summed E-state index contributed by atoms with van der Waals surface area (Å²) in [4.78, 5) is 25.0. The second kappa shape index (κ2) is 6.76. The molecule has 2 aromatic heterocycles. The van der Waals surface area contributed by atoms with Gasteiger partial charge in [-0.2, -0.15) is 0 Å². The third-order valence-electron chi connectivity index (χ3n) is 4.04. The Balaban J connectivity index is 1.91. The fourth-order valence-corrected chi connectivity index (χ4v) is 3.71. The zero-order valence-corrected chi connectivity index (χ0v) is 14.8. The lowest BCUT2D eigenvalue weighted by Gasteiger charge is -2.08. The van der Waals surface area contributed by atoms with Gasteiger partial charge in [0.05, 0.1) is 17.9 Å². The van der Waals surface area contributed by atoms with Gasteiger partial charge in [0.25, 0.3) is 5.91 Å². The topological polar surface area (TPSA) is 81.4 Å². The minimum Gasteiger partial charge on any atom is -0.462 e. The second-order valence-corrected chi connectivity index (χ2v) is 6.64. The van der Waals surface area contributed by atoms with Crippen molar-refractivity contribution in [3.8, 4) is 0 Å². The first-order valence-electron chi connectivity index (χ1n) is 8.11. The van der Waals surface area contributed by atoms with Crippen molar-refractivity contribution in [2.75, 3.05) is 11.9 Å². The summed E-state index contributed by atoms with van der Waals surface area (Å²) < 4.78 is 10.3. The van der Waals surface area contributed by atoms with Crippen LogP contribution >= 0.6 is 11.3 Å². The van der Waals surface area contributed by atoms with E-state index in [0.717, 1.165) is 18.4 Å². The average Bonchev–Trinajstić information content (AvgIpc) is 3.21. The normalized spacial score (nSPS) is 13.8. The van der Waals surface area contributed by atoms with Crippen LogP contribution in [0.4, 0.5) is 5.00 Å². The molecule has 7 heteroatoms. The fraction of sp³-hybridized carbons (Fsp3) is 0.471. The Morgan fingerprint density at radius 2 is 2.12 bits per heavy atom. The molecule has 2 heterocycles. The molecule has 3 rings (SSSR count). The number of rotatable bonds is 6. The lowest BCUT2D eigenvalue weighted by molar-refractivity contribution is 0.0527. The highest BCUT2D eigenvalue weighted by molar-refractivity contribution is 7.15. The third-order valence-corrected chi connectivity index (χ3v) is 4.95. The average molecular weight is 348 g/mol. The maximum atomic E-state index is 12.6. The Morgan fingerprint density at radius 1 is 1.38 bits per heavy atom. The number of thiophene rings is 1. The first-order valence-corrected chi connectivity index (χ1v) is 8.99. The monoisotopic (exact) mass is 348 g/mol. The molecule has 24 heavy (non-hydrogen) atoms. The molecule has 0 unspecified atom stereocenters. The van der Waals surface area contributed by atoms with Crippen molar-refractivity contribution in [1.82, 2.24) is 5.16 Å². The van der Waals surface area contributed by atoms with Crippen molar-refractivity contribution >= 4 is 28.2 Å². The number of hydrogen-bond acceptors (Lipinski definition) is 6. The number of anilines is 1. The van der Waals surface area contributed by atoms with Crippen molar-refractivity contribution in [1.29, 1.82) is 0 Å². The van der Waals surface area contributed by atoms with Crippen molar-refractivity contribution in [3.63, 3.8) is 0 Å². The smallest absolute Gasteiger partial charge is 0.341 e. The van der Waals surface area contributed by atoms with Crippen LogP contribution in [0, 0.1) is 6.92 Å². The van der Waals surface area contributed by atoms with Gasteiger partial charge in [-0.05, 0) is 50.0 Å². The van der Waals surface area contributed by atoms with Crippen molar-refractivity contribution < 1.29 is 18.8 Å². The maximum Gasteiger partial charge on any atom is 0.341 e. The van der Waals surface area contributed by atoms with E-state index in [0.29, 0.717) is 46.5 Å². The van der Waals surface area contributed by atoms with Gasteiger partial charge in [0, 0.05) is 0 Å². The molecule has 1 saturated carbocycles. The number of aryl methyl sites for hydroxylation is 2. The number of ether oxygens (including phenoxy) is 1. The Hall–Kier alpha value is -2.15. The fourth-order valence-electron chi connectivity index (χ4n) is 2.69. The number of aromatic nitrogens is 1. The molecule has 1 aliphatic carbocycles. The van der Waals surface area contributed by atoms with E-state index in [1.165, 1.54) is 11.3 Å². The number of hydrogen-bond donors (Lipinski definition) is 1. The first kappa shape index (κ1) is 16.7. The summed E-state index contributed by atoms with van der Waals surface area (Å²) in [6, 6.07) is 0. The van der Waals surface area contributed by atoms with E-state index in [1.807, 2.05) is 12.3 Å². The molecule has 0 saturated heterocycles. The predicted molar refractivity (Wildman–Crippen MR) is 90.8 cm³/mol. The van der Waals surface area contributed by atoms with E-state index < -0.39 is 0 Å². The second-order valence-electron chi connectivity index (χ2n) is 5.76. The van der Waals surface area contributed by atoms with Crippen LogP contribution in [-0.2, 0) is 11.2 Å². The molecule has 0 bridgehead atoms. The predicted octanol–water partition coefficient (Wildman–Crippen LogP) is 3.91. The summed E-state index contributed by atoms with van der Waals surface area (Å²) in [5, 5.41) is 9.23. The van der Waals surface area contributed by atoms with Crippen LogP contribution in [0.15, 0.2) is 9.90 Å². The summed E-state index contributed by atoms with van der Waals surface area (Å²) >= 11 is 1.36. The molecular formula is C17H20N2O4S. The zero-order valence-electron chi connectivity index (χ0n) is 14.0. The first-order chi connectivity index (χ1) is 11.6. The van der Waals surface area contributed by atoms with Gasteiger partial charge in [0.2, 0.25) is 0 Å². The molecular weight excluding hydrogens is 328 g/mol. The van der Waals surface area contributed by atoms with E-state index in [9.17, 15) is 9.59 Å². The molecule has 1 N–H and O–H groups in total. The van der Waals surface area contributed by atoms with Gasteiger partial charge in [-0.15, -0.1) is 11.3 Å². The highest BCUT2D eigenvalue weighted by atomic mass is 32.1. The summed E-state index contributed by atoms with van der Waals surface area (Å²) in [5.74, 6) is 0.185. The molecule has 2 aromatic rings. The number of carbonyl (C=O) groups is 2. The van der Waals surface area contributed by atoms with E-state index in [4.69, 9.17) is 9.26 Å². The summed E-state index contributed by atoms with van der Waals surface area (Å²) in [7, 11) is 0. The van der Waals surface area contributed by atoms with E-state index in [2.05, 4.69) is 10.5 Å². The van der Waals surface area contributed by atoms with Gasteiger partial charge < -0.3 is 14.6 Å². The standard InChI is InChI=1S/C17H20N2O4S/c1-4-12-13(9(3)23-19-12)15(20)18-16-14(17(21)22-5-2)11(8-24-16)10-6-7-10/h8,10H,4-7H2,1-3H3,(H,18,20). The summed E-state index contributed by atoms with van der Waals surface area (Å²) in [5.41, 5.74) is 2.52. The summed E-state index contributed by atoms with van der Waals surface area (Å²) in [6.07, 6.45) is 2.74. The number of nitrogens with one attached hydrogen (secondary N) is 1. The van der Waals surface area contributed by atoms with Crippen LogP contribution < -0.4 is 5.32 Å². The van der Waals surface area contributed by atoms with Crippen molar-refractivity contribution in [2.24, 2.45) is 0 Å². The molecule has 128 valence electrons. The quantitative estimate of drug-likeness (QED) is 0.800. The minimum atomic E-state index is -0.381. The highest BCUT2D eigenvalue weighted by Crippen LogP contribution is 2.46. The Kier molecular flexibility index (Phi) is 4.71. The number of carbonyl (C=O) groups excluding carboxylic acids is 2. The molecule has 1 amide bonds. The molecule has 0 atom stereocenters. The van der Waals surface area contributed by atoms with Crippen LogP contribution in [0.5, 0.6) is 0 Å². The van der Waals surface area contributed by atoms with Crippen LogP contribution in [0.2, 0.25) is 0 Å². The Labute approximate surface area is 144 Å². The van der Waals surface area contributed by atoms with E-state index in [1.54, 1.807) is 13.8 Å². The zero-order chi connectivity index (χ0) is 17.3. The van der Waals surface area contributed by atoms with E-state index in [-0.39, 0.29) is 11.9 Å². The van der Waals surface area contributed by atoms with Gasteiger partial charge in [0.1, 0.15) is 16.3 Å². The summed E-state index contributed by atoms with van der Waals surface area (Å²) in [6.45, 7) is 5.69. The van der Waals surface area contributed by atoms with E-state index >= 15 is 0 Å². The Morgan fingerprint density at radius 3 is 2.75 bits per heavy atom. The molecule has 0 spiro atoms. The third kappa shape index (κ3) is 3.08. The van der Waals surface area contributed by atoms with Crippen molar-refractivity contribution in [2.45, 2.75) is 46.0 Å². The van der Waals surface area contributed by atoms with Crippen molar-refractivity contribution in [3.05, 3.63) is 33.5 Å². The van der Waals surface area contributed by atoms with Gasteiger partial charge in [-0.25, -0.2) is 4.79 Å². The highest BCUT2D eigenvalue weighted by Gasteiger charge is 2.33. The van der Waals surface area contributed by atoms with Crippen LogP contribution in [-0.4, -0.2) is 23.6 Å². The minimum absolute atomic E-state index is 0.302. The molecule has 0 radical (unpaired) electrons. The lowest BCUT2D eigenvalue weighted by Crippen LogP contribution is -2.16. The molecule has 0 aliphatic heterocycles. The van der Waals surface area contributed by atoms with Gasteiger partial charge in [-0.3, -0.25) is 4.79 Å². The number of nitrogens with zero attached hydrogens (tertiary/aromatic N) is 1. The number of esters is 1. The maximum absolute atomic E-state index is 12.6. The largest absolute Gasteiger partial charge is 0.462 e. The van der Waals surface area contributed by atoms with Crippen LogP contribution in [0.25, 0.3) is 0 Å². The van der Waals surface area contributed by atoms with Crippen LogP contribution in [0.1, 0.15) is 70.3 Å². The SMILES string of the molecule is CCOC(=O)c1c(C2CC2)csc1NC(=O)c1c(CC)noc1C. The van der Waals surface area contributed by atoms with Crippen LogP contribution in [0.3, 0.4) is 0 Å². The molecule has 1 aliphatic rings. The molecule has 6 nitrogen and oxygen atoms in total.